The molecule has 2 amide bonds. The molecule has 0 saturated heterocycles. The zero-order valence-electron chi connectivity index (χ0n) is 10.4. The van der Waals surface area contributed by atoms with Crippen LogP contribution in [-0.4, -0.2) is 38.3 Å². The van der Waals surface area contributed by atoms with E-state index in [1.165, 1.54) is 6.20 Å². The van der Waals surface area contributed by atoms with Gasteiger partial charge in [0.2, 0.25) is 5.91 Å². The van der Waals surface area contributed by atoms with Crippen molar-refractivity contribution in [3.05, 3.63) is 24.0 Å². The molecule has 19 heavy (non-hydrogen) atoms. The molecular weight excluding hydrogens is 248 g/mol. The van der Waals surface area contributed by atoms with Crippen molar-refractivity contribution in [1.82, 2.24) is 25.3 Å². The number of hydrogen-bond acceptors (Lipinski definition) is 4. The van der Waals surface area contributed by atoms with Gasteiger partial charge >= 0.3 is 0 Å². The summed E-state index contributed by atoms with van der Waals surface area (Å²) in [6.45, 7) is 0.199. The zero-order valence-corrected chi connectivity index (χ0v) is 10.4. The molecule has 0 bridgehead atoms. The number of primary amides is 1. The maximum Gasteiger partial charge on any atom is 0.255 e. The van der Waals surface area contributed by atoms with Gasteiger partial charge in [-0.1, -0.05) is 0 Å². The summed E-state index contributed by atoms with van der Waals surface area (Å²) in [4.78, 5) is 22.6. The van der Waals surface area contributed by atoms with Gasteiger partial charge in [0.25, 0.3) is 5.91 Å². The van der Waals surface area contributed by atoms with Crippen molar-refractivity contribution < 1.29 is 9.59 Å². The number of aromatic nitrogens is 4. The Morgan fingerprint density at radius 3 is 2.95 bits per heavy atom. The number of H-pyrrole nitrogens is 1. The zero-order chi connectivity index (χ0) is 13.8. The number of nitrogens with two attached hydrogens (primary N) is 1. The summed E-state index contributed by atoms with van der Waals surface area (Å²) < 4.78 is 1.63. The number of amides is 2. The third-order valence-corrected chi connectivity index (χ3v) is 2.62. The van der Waals surface area contributed by atoms with Gasteiger partial charge in [0.15, 0.2) is 0 Å². The van der Waals surface area contributed by atoms with Gasteiger partial charge in [-0.05, 0) is 6.07 Å². The van der Waals surface area contributed by atoms with Crippen LogP contribution in [-0.2, 0) is 11.8 Å². The Morgan fingerprint density at radius 1 is 1.53 bits per heavy atom. The van der Waals surface area contributed by atoms with Crippen molar-refractivity contribution in [3.63, 3.8) is 0 Å². The second-order valence-electron chi connectivity index (χ2n) is 3.97. The fourth-order valence-electron chi connectivity index (χ4n) is 1.67. The first kappa shape index (κ1) is 12.8. The van der Waals surface area contributed by atoms with Crippen LogP contribution in [0.25, 0.3) is 11.4 Å². The quantitative estimate of drug-likeness (QED) is 0.667. The number of rotatable bonds is 5. The molecule has 0 unspecified atom stereocenters. The smallest absolute Gasteiger partial charge is 0.255 e. The van der Waals surface area contributed by atoms with Gasteiger partial charge in [-0.3, -0.25) is 19.4 Å². The Bertz CT molecular complexity index is 600. The predicted octanol–water partition coefficient (Wildman–Crippen LogP) is -0.585. The summed E-state index contributed by atoms with van der Waals surface area (Å²) in [5.74, 6) is -0.773. The number of hydrogen-bond donors (Lipinski definition) is 3. The summed E-state index contributed by atoms with van der Waals surface area (Å²) in [5.41, 5.74) is 6.73. The van der Waals surface area contributed by atoms with Crippen molar-refractivity contribution in [3.8, 4) is 11.4 Å². The number of nitrogens with zero attached hydrogens (tertiary/aromatic N) is 3. The highest BCUT2D eigenvalue weighted by molar-refractivity contribution is 5.99. The molecule has 0 aromatic carbocycles. The number of carbonyl (C=O) groups excluding carboxylic acids is 2. The van der Waals surface area contributed by atoms with E-state index in [4.69, 9.17) is 5.73 Å². The van der Waals surface area contributed by atoms with E-state index < -0.39 is 5.91 Å². The molecule has 2 heterocycles. The first-order valence-corrected chi connectivity index (χ1v) is 5.68. The topological polar surface area (TPSA) is 119 Å². The van der Waals surface area contributed by atoms with Crippen LogP contribution < -0.4 is 11.1 Å². The lowest BCUT2D eigenvalue weighted by Gasteiger charge is -2.05. The van der Waals surface area contributed by atoms with Crippen molar-refractivity contribution in [2.75, 3.05) is 6.54 Å². The highest BCUT2D eigenvalue weighted by Gasteiger charge is 2.17. The SMILES string of the molecule is Cn1nccc1-c1[nH]ncc1C(=O)NCCC(N)=O. The summed E-state index contributed by atoms with van der Waals surface area (Å²) in [6.07, 6.45) is 3.16. The molecule has 0 aliphatic rings. The Kier molecular flexibility index (Phi) is 3.60. The van der Waals surface area contributed by atoms with E-state index in [9.17, 15) is 9.59 Å². The molecule has 8 nitrogen and oxygen atoms in total. The maximum atomic E-state index is 12.0. The predicted molar refractivity (Wildman–Crippen MR) is 66.9 cm³/mol. The van der Waals surface area contributed by atoms with E-state index in [-0.39, 0.29) is 18.9 Å². The van der Waals surface area contributed by atoms with Crippen LogP contribution in [0.5, 0.6) is 0 Å². The molecule has 0 fully saturated rings. The lowest BCUT2D eigenvalue weighted by molar-refractivity contribution is -0.117. The highest BCUT2D eigenvalue weighted by atomic mass is 16.2. The van der Waals surface area contributed by atoms with E-state index in [1.807, 2.05) is 0 Å². The summed E-state index contributed by atoms with van der Waals surface area (Å²) in [6, 6.07) is 1.77. The van der Waals surface area contributed by atoms with E-state index in [0.717, 1.165) is 5.69 Å². The standard InChI is InChI=1S/C11H14N6O2/c1-17-8(2-5-15-17)10-7(6-14-16-10)11(19)13-4-3-9(12)18/h2,5-6H,3-4H2,1H3,(H2,12,18)(H,13,19)(H,14,16). The lowest BCUT2D eigenvalue weighted by Crippen LogP contribution is -2.28. The number of carbonyl (C=O) groups is 2. The van der Waals surface area contributed by atoms with Crippen molar-refractivity contribution >= 4 is 11.8 Å². The fraction of sp³-hybridized carbons (Fsp3) is 0.273. The van der Waals surface area contributed by atoms with Gasteiger partial charge in [0.05, 0.1) is 23.1 Å². The van der Waals surface area contributed by atoms with Crippen LogP contribution in [0.4, 0.5) is 0 Å². The van der Waals surface area contributed by atoms with Crippen LogP contribution in [0, 0.1) is 0 Å². The molecule has 0 saturated carbocycles. The number of nitrogens with one attached hydrogen (secondary N) is 2. The Labute approximate surface area is 109 Å². The van der Waals surface area contributed by atoms with Gasteiger partial charge in [0.1, 0.15) is 0 Å². The Balaban J connectivity index is 2.14. The van der Waals surface area contributed by atoms with Crippen molar-refractivity contribution in [2.45, 2.75) is 6.42 Å². The Hall–Kier alpha value is -2.64. The van der Waals surface area contributed by atoms with Gasteiger partial charge < -0.3 is 11.1 Å². The number of aryl methyl sites for hydroxylation is 1. The van der Waals surface area contributed by atoms with Gasteiger partial charge in [-0.15, -0.1) is 0 Å². The highest BCUT2D eigenvalue weighted by Crippen LogP contribution is 2.19. The second-order valence-corrected chi connectivity index (χ2v) is 3.97. The molecular formula is C11H14N6O2. The largest absolute Gasteiger partial charge is 0.370 e. The first-order chi connectivity index (χ1) is 9.09. The molecule has 4 N–H and O–H groups in total. The van der Waals surface area contributed by atoms with E-state index >= 15 is 0 Å². The molecule has 8 heteroatoms. The summed E-state index contributed by atoms with van der Waals surface area (Å²) >= 11 is 0. The average molecular weight is 262 g/mol. The molecule has 0 aliphatic carbocycles. The lowest BCUT2D eigenvalue weighted by atomic mass is 10.2. The first-order valence-electron chi connectivity index (χ1n) is 5.68. The van der Waals surface area contributed by atoms with E-state index in [0.29, 0.717) is 11.3 Å². The number of aromatic amines is 1. The normalized spacial score (nSPS) is 10.4. The molecule has 2 rings (SSSR count). The third kappa shape index (κ3) is 2.79. The molecule has 100 valence electrons. The molecule has 2 aromatic rings. The summed E-state index contributed by atoms with van der Waals surface area (Å²) in [7, 11) is 1.77. The molecule has 2 aromatic heterocycles. The van der Waals surface area contributed by atoms with Crippen LogP contribution in [0.2, 0.25) is 0 Å². The molecule has 0 spiro atoms. The van der Waals surface area contributed by atoms with Crippen LogP contribution >= 0.6 is 0 Å². The molecule has 0 atom stereocenters. The van der Waals surface area contributed by atoms with Crippen LogP contribution in [0.1, 0.15) is 16.8 Å². The van der Waals surface area contributed by atoms with Crippen molar-refractivity contribution in [1.29, 1.82) is 0 Å². The minimum absolute atomic E-state index is 0.102. The van der Waals surface area contributed by atoms with Gasteiger partial charge in [-0.25, -0.2) is 0 Å². The molecule has 0 aliphatic heterocycles. The maximum absolute atomic E-state index is 12.0. The second kappa shape index (κ2) is 5.34. The van der Waals surface area contributed by atoms with Crippen LogP contribution in [0.15, 0.2) is 18.5 Å². The minimum atomic E-state index is -0.459. The Morgan fingerprint density at radius 2 is 2.32 bits per heavy atom. The average Bonchev–Trinajstić information content (AvgIpc) is 2.96. The monoisotopic (exact) mass is 262 g/mol. The van der Waals surface area contributed by atoms with Crippen LogP contribution in [0.3, 0.4) is 0 Å². The summed E-state index contributed by atoms with van der Waals surface area (Å²) in [5, 5.41) is 13.3. The van der Waals surface area contributed by atoms with E-state index in [2.05, 4.69) is 20.6 Å². The molecule has 0 radical (unpaired) electrons. The third-order valence-electron chi connectivity index (χ3n) is 2.62. The van der Waals surface area contributed by atoms with Gasteiger partial charge in [-0.2, -0.15) is 10.2 Å². The minimum Gasteiger partial charge on any atom is -0.370 e. The van der Waals surface area contributed by atoms with E-state index in [1.54, 1.807) is 24.0 Å². The van der Waals surface area contributed by atoms with Gasteiger partial charge in [0, 0.05) is 26.2 Å². The van der Waals surface area contributed by atoms with Crippen molar-refractivity contribution in [2.24, 2.45) is 12.8 Å². The fourth-order valence-corrected chi connectivity index (χ4v) is 1.67.